The van der Waals surface area contributed by atoms with Crippen LogP contribution in [-0.4, -0.2) is 18.4 Å². The number of carbonyl (C=O) groups is 2. The maximum Gasteiger partial charge on any atom is 0.313 e. The molecule has 0 aromatic carbocycles. The molecule has 1 atom stereocenters. The number of carbonyl (C=O) groups excluding carboxylic acids is 2. The van der Waals surface area contributed by atoms with Crippen LogP contribution in [0.2, 0.25) is 0 Å². The molecule has 2 aliphatic carbocycles. The number of ketones is 1. The van der Waals surface area contributed by atoms with Crippen LogP contribution in [0.15, 0.2) is 0 Å². The molecule has 90 valence electrons. The summed E-state index contributed by atoms with van der Waals surface area (Å²) < 4.78 is 4.81. The van der Waals surface area contributed by atoms with Gasteiger partial charge in [0.05, 0.1) is 6.61 Å². The van der Waals surface area contributed by atoms with Crippen molar-refractivity contribution < 1.29 is 14.3 Å². The zero-order valence-corrected chi connectivity index (χ0v) is 9.96. The van der Waals surface area contributed by atoms with Gasteiger partial charge in [-0.2, -0.15) is 0 Å². The molecule has 0 amide bonds. The van der Waals surface area contributed by atoms with Gasteiger partial charge in [0.15, 0.2) is 0 Å². The van der Waals surface area contributed by atoms with Crippen molar-refractivity contribution in [2.75, 3.05) is 6.61 Å². The summed E-state index contributed by atoms with van der Waals surface area (Å²) in [5.41, 5.74) is 0.293. The van der Waals surface area contributed by atoms with E-state index in [-0.39, 0.29) is 24.1 Å². The van der Waals surface area contributed by atoms with Gasteiger partial charge in [0.1, 0.15) is 12.2 Å². The lowest BCUT2D eigenvalue weighted by Crippen LogP contribution is -2.18. The smallest absolute Gasteiger partial charge is 0.313 e. The van der Waals surface area contributed by atoms with Crippen molar-refractivity contribution in [1.29, 1.82) is 0 Å². The highest BCUT2D eigenvalue weighted by molar-refractivity contribution is 5.98. The average molecular weight is 224 g/mol. The molecule has 3 nitrogen and oxygen atoms in total. The molecule has 0 saturated heterocycles. The quantitative estimate of drug-likeness (QED) is 0.544. The zero-order chi connectivity index (χ0) is 11.6. The SMILES string of the molecule is CCOC(=O)CC(=O)C1CC12CCCCC2. The molecule has 1 unspecified atom stereocenters. The largest absolute Gasteiger partial charge is 0.466 e. The van der Waals surface area contributed by atoms with Crippen molar-refractivity contribution in [2.24, 2.45) is 11.3 Å². The first-order valence-electron chi connectivity index (χ1n) is 6.36. The Hall–Kier alpha value is -0.860. The second kappa shape index (κ2) is 4.56. The van der Waals surface area contributed by atoms with E-state index >= 15 is 0 Å². The fraction of sp³-hybridized carbons (Fsp3) is 0.846. The fourth-order valence-electron chi connectivity index (χ4n) is 3.09. The van der Waals surface area contributed by atoms with Crippen molar-refractivity contribution in [3.8, 4) is 0 Å². The van der Waals surface area contributed by atoms with E-state index in [1.54, 1.807) is 6.92 Å². The van der Waals surface area contributed by atoms with Gasteiger partial charge < -0.3 is 4.74 Å². The van der Waals surface area contributed by atoms with Crippen LogP contribution >= 0.6 is 0 Å². The number of hydrogen-bond donors (Lipinski definition) is 0. The minimum atomic E-state index is -0.356. The minimum Gasteiger partial charge on any atom is -0.466 e. The highest BCUT2D eigenvalue weighted by Crippen LogP contribution is 2.61. The van der Waals surface area contributed by atoms with E-state index in [2.05, 4.69) is 0 Å². The Bertz CT molecular complexity index is 290. The number of Topliss-reactive ketones (excluding diaryl/α,β-unsaturated/α-hetero) is 1. The van der Waals surface area contributed by atoms with E-state index < -0.39 is 0 Å². The number of hydrogen-bond acceptors (Lipinski definition) is 3. The van der Waals surface area contributed by atoms with E-state index in [4.69, 9.17) is 4.74 Å². The van der Waals surface area contributed by atoms with Gasteiger partial charge in [0.2, 0.25) is 0 Å². The summed E-state index contributed by atoms with van der Waals surface area (Å²) >= 11 is 0. The first kappa shape index (κ1) is 11.6. The first-order chi connectivity index (χ1) is 7.68. The van der Waals surface area contributed by atoms with Gasteiger partial charge in [-0.3, -0.25) is 9.59 Å². The molecule has 0 aromatic rings. The molecular weight excluding hydrogens is 204 g/mol. The average Bonchev–Trinajstić information content (AvgIpc) is 2.93. The minimum absolute atomic E-state index is 0.0136. The van der Waals surface area contributed by atoms with Crippen LogP contribution in [0.25, 0.3) is 0 Å². The molecular formula is C13H20O3. The Labute approximate surface area is 96.5 Å². The topological polar surface area (TPSA) is 43.4 Å². The lowest BCUT2D eigenvalue weighted by atomic mass is 9.83. The normalized spacial score (nSPS) is 26.4. The third-order valence-electron chi connectivity index (χ3n) is 4.05. The van der Waals surface area contributed by atoms with Crippen LogP contribution in [0.1, 0.15) is 51.9 Å². The molecule has 16 heavy (non-hydrogen) atoms. The standard InChI is InChI=1S/C13H20O3/c1-2-16-12(15)8-11(14)10-9-13(10)6-4-3-5-7-13/h10H,2-9H2,1H3. The van der Waals surface area contributed by atoms with E-state index in [1.165, 1.54) is 32.1 Å². The van der Waals surface area contributed by atoms with Crippen molar-refractivity contribution in [3.63, 3.8) is 0 Å². The van der Waals surface area contributed by atoms with Crippen molar-refractivity contribution in [3.05, 3.63) is 0 Å². The zero-order valence-electron chi connectivity index (χ0n) is 9.96. The van der Waals surface area contributed by atoms with Gasteiger partial charge in [-0.05, 0) is 31.6 Å². The Morgan fingerprint density at radius 1 is 1.25 bits per heavy atom. The Morgan fingerprint density at radius 3 is 2.56 bits per heavy atom. The Balaban J connectivity index is 1.81. The van der Waals surface area contributed by atoms with Crippen LogP contribution in [0.4, 0.5) is 0 Å². The van der Waals surface area contributed by atoms with E-state index in [1.807, 2.05) is 0 Å². The molecule has 1 spiro atoms. The van der Waals surface area contributed by atoms with Crippen LogP contribution in [-0.2, 0) is 14.3 Å². The summed E-state index contributed by atoms with van der Waals surface area (Å²) in [6.45, 7) is 2.13. The van der Waals surface area contributed by atoms with E-state index in [9.17, 15) is 9.59 Å². The van der Waals surface area contributed by atoms with Crippen LogP contribution in [0.5, 0.6) is 0 Å². The van der Waals surface area contributed by atoms with E-state index in [0.717, 1.165) is 6.42 Å². The maximum atomic E-state index is 11.9. The van der Waals surface area contributed by atoms with Gasteiger partial charge in [-0.25, -0.2) is 0 Å². The molecule has 2 rings (SSSR count). The third-order valence-corrected chi connectivity index (χ3v) is 4.05. The second-order valence-electron chi connectivity index (χ2n) is 5.13. The summed E-state index contributed by atoms with van der Waals surface area (Å²) in [7, 11) is 0. The van der Waals surface area contributed by atoms with Crippen LogP contribution in [0.3, 0.4) is 0 Å². The van der Waals surface area contributed by atoms with Gasteiger partial charge in [-0.1, -0.05) is 19.3 Å². The lowest BCUT2D eigenvalue weighted by Gasteiger charge is -2.21. The molecule has 0 aliphatic heterocycles. The van der Waals surface area contributed by atoms with Gasteiger partial charge in [-0.15, -0.1) is 0 Å². The van der Waals surface area contributed by atoms with Gasteiger partial charge in [0.25, 0.3) is 0 Å². The summed E-state index contributed by atoms with van der Waals surface area (Å²) in [5.74, 6) is -0.0806. The van der Waals surface area contributed by atoms with Crippen LogP contribution < -0.4 is 0 Å². The fourth-order valence-corrected chi connectivity index (χ4v) is 3.09. The molecule has 0 heterocycles. The summed E-state index contributed by atoms with van der Waals surface area (Å²) in [6.07, 6.45) is 7.19. The molecule has 2 saturated carbocycles. The number of ether oxygens (including phenoxy) is 1. The predicted molar refractivity (Wildman–Crippen MR) is 59.9 cm³/mol. The first-order valence-corrected chi connectivity index (χ1v) is 6.36. The van der Waals surface area contributed by atoms with Crippen molar-refractivity contribution >= 4 is 11.8 Å². The molecule has 0 aromatic heterocycles. The van der Waals surface area contributed by atoms with Crippen molar-refractivity contribution in [1.82, 2.24) is 0 Å². The monoisotopic (exact) mass is 224 g/mol. The highest BCUT2D eigenvalue weighted by atomic mass is 16.5. The van der Waals surface area contributed by atoms with Gasteiger partial charge in [0, 0.05) is 5.92 Å². The number of esters is 1. The lowest BCUT2D eigenvalue weighted by molar-refractivity contribution is -0.145. The maximum absolute atomic E-state index is 11.9. The third kappa shape index (κ3) is 2.28. The molecule has 3 heteroatoms. The number of rotatable bonds is 4. The molecule has 0 N–H and O–H groups in total. The Morgan fingerprint density at radius 2 is 1.94 bits per heavy atom. The summed E-state index contributed by atoms with van der Waals surface area (Å²) in [4.78, 5) is 23.1. The highest BCUT2D eigenvalue weighted by Gasteiger charge is 2.57. The molecule has 0 radical (unpaired) electrons. The summed E-state index contributed by atoms with van der Waals surface area (Å²) in [5, 5.41) is 0. The van der Waals surface area contributed by atoms with Gasteiger partial charge >= 0.3 is 5.97 Å². The van der Waals surface area contributed by atoms with E-state index in [0.29, 0.717) is 12.0 Å². The Kier molecular flexibility index (Phi) is 3.31. The van der Waals surface area contributed by atoms with Crippen LogP contribution in [0, 0.1) is 11.3 Å². The molecule has 2 fully saturated rings. The molecule has 0 bridgehead atoms. The molecule has 2 aliphatic rings. The predicted octanol–water partition coefficient (Wildman–Crippen LogP) is 2.48. The van der Waals surface area contributed by atoms with Crippen molar-refractivity contribution in [2.45, 2.75) is 51.9 Å². The second-order valence-corrected chi connectivity index (χ2v) is 5.13. The summed E-state index contributed by atoms with van der Waals surface area (Å²) in [6, 6.07) is 0.